The molecule has 0 aromatic carbocycles. The molecule has 4 heteroatoms. The lowest BCUT2D eigenvalue weighted by Crippen LogP contribution is -2.27. The lowest BCUT2D eigenvalue weighted by molar-refractivity contribution is -0.120. The van der Waals surface area contributed by atoms with Gasteiger partial charge in [0.1, 0.15) is 0 Å². The Labute approximate surface area is 95.8 Å². The quantitative estimate of drug-likeness (QED) is 0.528. The van der Waals surface area contributed by atoms with Gasteiger partial charge in [0.05, 0.1) is 0 Å². The predicted octanol–water partition coefficient (Wildman–Crippen LogP) is 0.863. The molecule has 0 saturated heterocycles. The van der Waals surface area contributed by atoms with Crippen LogP contribution in [0.1, 0.15) is 12.0 Å². The lowest BCUT2D eigenvalue weighted by atomic mass is 10.3. The fraction of sp³-hybridized carbons (Fsp3) is 0.333. The molecular weight excluding hydrogens is 202 g/mol. The van der Waals surface area contributed by atoms with E-state index in [0.29, 0.717) is 19.5 Å². The van der Waals surface area contributed by atoms with Gasteiger partial charge in [-0.1, -0.05) is 12.1 Å². The molecule has 1 rings (SSSR count). The summed E-state index contributed by atoms with van der Waals surface area (Å²) in [6, 6.07) is 3.89. The molecule has 1 amide bonds. The largest absolute Gasteiger partial charge is 0.353 e. The Morgan fingerprint density at radius 2 is 2.44 bits per heavy atom. The van der Waals surface area contributed by atoms with Crippen molar-refractivity contribution in [1.82, 2.24) is 15.6 Å². The number of nitrogens with zero attached hydrogens (tertiary/aromatic N) is 1. The number of hydrogen-bond acceptors (Lipinski definition) is 3. The van der Waals surface area contributed by atoms with Crippen molar-refractivity contribution in [2.75, 3.05) is 13.1 Å². The summed E-state index contributed by atoms with van der Waals surface area (Å²) in [6.45, 7) is 5.46. The molecule has 0 aliphatic rings. The summed E-state index contributed by atoms with van der Waals surface area (Å²) in [5, 5.41) is 5.90. The topological polar surface area (TPSA) is 54.0 Å². The van der Waals surface area contributed by atoms with Crippen molar-refractivity contribution in [2.45, 2.75) is 13.0 Å². The average molecular weight is 219 g/mol. The van der Waals surface area contributed by atoms with Crippen LogP contribution in [0.4, 0.5) is 0 Å². The zero-order valence-corrected chi connectivity index (χ0v) is 9.28. The summed E-state index contributed by atoms with van der Waals surface area (Å²) in [6.07, 6.45) is 5.70. The number of pyridine rings is 1. The molecule has 1 aromatic heterocycles. The molecule has 0 bridgehead atoms. The number of aromatic nitrogens is 1. The molecule has 2 N–H and O–H groups in total. The van der Waals surface area contributed by atoms with Crippen LogP contribution < -0.4 is 10.6 Å². The highest BCUT2D eigenvalue weighted by atomic mass is 16.1. The Bertz CT molecular complexity index is 324. The molecule has 0 atom stereocenters. The summed E-state index contributed by atoms with van der Waals surface area (Å²) in [5.41, 5.74) is 1.12. The van der Waals surface area contributed by atoms with Gasteiger partial charge in [0.15, 0.2) is 0 Å². The molecule has 86 valence electrons. The fourth-order valence-electron chi connectivity index (χ4n) is 1.21. The maximum absolute atomic E-state index is 11.2. The maximum atomic E-state index is 11.2. The molecule has 0 unspecified atom stereocenters. The van der Waals surface area contributed by atoms with Crippen LogP contribution >= 0.6 is 0 Å². The third-order valence-corrected chi connectivity index (χ3v) is 2.02. The van der Waals surface area contributed by atoms with Crippen LogP contribution in [-0.4, -0.2) is 24.0 Å². The van der Waals surface area contributed by atoms with Crippen LogP contribution in [0.15, 0.2) is 37.2 Å². The van der Waals surface area contributed by atoms with E-state index in [1.807, 2.05) is 18.3 Å². The first-order chi connectivity index (χ1) is 7.83. The van der Waals surface area contributed by atoms with Gasteiger partial charge in [-0.3, -0.25) is 9.78 Å². The standard InChI is InChI=1S/C12H17N3O/c1-2-6-15-12(16)5-8-14-10-11-4-3-7-13-9-11/h2-4,7,9,14H,1,5-6,8,10H2,(H,15,16). The molecule has 16 heavy (non-hydrogen) atoms. The van der Waals surface area contributed by atoms with Crippen molar-refractivity contribution in [3.05, 3.63) is 42.7 Å². The molecular formula is C12H17N3O. The van der Waals surface area contributed by atoms with E-state index in [2.05, 4.69) is 22.2 Å². The zero-order valence-electron chi connectivity index (χ0n) is 9.28. The summed E-state index contributed by atoms with van der Waals surface area (Å²) < 4.78 is 0. The van der Waals surface area contributed by atoms with E-state index in [4.69, 9.17) is 0 Å². The molecule has 0 fully saturated rings. The summed E-state index contributed by atoms with van der Waals surface area (Å²) in [4.78, 5) is 15.2. The van der Waals surface area contributed by atoms with Crippen molar-refractivity contribution in [1.29, 1.82) is 0 Å². The first kappa shape index (κ1) is 12.4. The first-order valence-electron chi connectivity index (χ1n) is 5.30. The molecule has 0 aliphatic heterocycles. The summed E-state index contributed by atoms with van der Waals surface area (Å²) in [5.74, 6) is 0.0404. The Hall–Kier alpha value is -1.68. The van der Waals surface area contributed by atoms with Gasteiger partial charge in [0, 0.05) is 38.4 Å². The normalized spacial score (nSPS) is 9.75. The first-order valence-corrected chi connectivity index (χ1v) is 5.30. The number of nitrogens with one attached hydrogen (secondary N) is 2. The number of rotatable bonds is 7. The highest BCUT2D eigenvalue weighted by Crippen LogP contribution is 1.93. The molecule has 0 radical (unpaired) electrons. The molecule has 0 spiro atoms. The van der Waals surface area contributed by atoms with Gasteiger partial charge in [-0.25, -0.2) is 0 Å². The van der Waals surface area contributed by atoms with Crippen LogP contribution in [0.3, 0.4) is 0 Å². The van der Waals surface area contributed by atoms with Crippen molar-refractivity contribution in [3.8, 4) is 0 Å². The third-order valence-electron chi connectivity index (χ3n) is 2.02. The van der Waals surface area contributed by atoms with Crippen molar-refractivity contribution in [3.63, 3.8) is 0 Å². The fourth-order valence-corrected chi connectivity index (χ4v) is 1.21. The molecule has 0 aliphatic carbocycles. The Morgan fingerprint density at radius 1 is 1.56 bits per heavy atom. The Kier molecular flexibility index (Phi) is 5.88. The van der Waals surface area contributed by atoms with Crippen LogP contribution in [0.25, 0.3) is 0 Å². The molecule has 1 heterocycles. The highest BCUT2D eigenvalue weighted by Gasteiger charge is 1.98. The van der Waals surface area contributed by atoms with Gasteiger partial charge in [-0.2, -0.15) is 0 Å². The Balaban J connectivity index is 2.08. The van der Waals surface area contributed by atoms with Gasteiger partial charge in [-0.15, -0.1) is 6.58 Å². The minimum atomic E-state index is 0.0404. The van der Waals surface area contributed by atoms with Crippen LogP contribution in [-0.2, 0) is 11.3 Å². The van der Waals surface area contributed by atoms with E-state index in [1.54, 1.807) is 12.3 Å². The third kappa shape index (κ3) is 5.26. The van der Waals surface area contributed by atoms with Gasteiger partial charge in [0.25, 0.3) is 0 Å². The maximum Gasteiger partial charge on any atom is 0.221 e. The van der Waals surface area contributed by atoms with Gasteiger partial charge in [-0.05, 0) is 11.6 Å². The molecule has 1 aromatic rings. The van der Waals surface area contributed by atoms with E-state index >= 15 is 0 Å². The van der Waals surface area contributed by atoms with Crippen molar-refractivity contribution >= 4 is 5.91 Å². The summed E-state index contributed by atoms with van der Waals surface area (Å²) >= 11 is 0. The van der Waals surface area contributed by atoms with Crippen LogP contribution in [0.2, 0.25) is 0 Å². The Morgan fingerprint density at radius 3 is 3.12 bits per heavy atom. The van der Waals surface area contributed by atoms with E-state index in [-0.39, 0.29) is 5.91 Å². The van der Waals surface area contributed by atoms with Crippen molar-refractivity contribution < 1.29 is 4.79 Å². The van der Waals surface area contributed by atoms with Crippen LogP contribution in [0.5, 0.6) is 0 Å². The van der Waals surface area contributed by atoms with Crippen LogP contribution in [0, 0.1) is 0 Å². The van der Waals surface area contributed by atoms with E-state index in [0.717, 1.165) is 12.1 Å². The SMILES string of the molecule is C=CCNC(=O)CCNCc1cccnc1. The van der Waals surface area contributed by atoms with E-state index < -0.39 is 0 Å². The molecule has 4 nitrogen and oxygen atoms in total. The monoisotopic (exact) mass is 219 g/mol. The number of carbonyl (C=O) groups excluding carboxylic acids is 1. The lowest BCUT2D eigenvalue weighted by Gasteiger charge is -2.04. The number of hydrogen-bond donors (Lipinski definition) is 2. The average Bonchev–Trinajstić information content (AvgIpc) is 2.33. The smallest absolute Gasteiger partial charge is 0.221 e. The summed E-state index contributed by atoms with van der Waals surface area (Å²) in [7, 11) is 0. The second-order valence-electron chi connectivity index (χ2n) is 3.38. The van der Waals surface area contributed by atoms with E-state index in [1.165, 1.54) is 0 Å². The predicted molar refractivity (Wildman–Crippen MR) is 63.8 cm³/mol. The van der Waals surface area contributed by atoms with Gasteiger partial charge in [0.2, 0.25) is 5.91 Å². The van der Waals surface area contributed by atoms with Crippen molar-refractivity contribution in [2.24, 2.45) is 0 Å². The number of amides is 1. The second kappa shape index (κ2) is 7.59. The highest BCUT2D eigenvalue weighted by molar-refractivity contribution is 5.76. The van der Waals surface area contributed by atoms with Gasteiger partial charge < -0.3 is 10.6 Å². The second-order valence-corrected chi connectivity index (χ2v) is 3.38. The number of carbonyl (C=O) groups is 1. The minimum absolute atomic E-state index is 0.0404. The van der Waals surface area contributed by atoms with Gasteiger partial charge >= 0.3 is 0 Å². The zero-order chi connectivity index (χ0) is 11.6. The molecule has 0 saturated carbocycles. The van der Waals surface area contributed by atoms with E-state index in [9.17, 15) is 4.79 Å². The minimum Gasteiger partial charge on any atom is -0.353 e.